The summed E-state index contributed by atoms with van der Waals surface area (Å²) in [6.45, 7) is 14.7. The van der Waals surface area contributed by atoms with Crippen molar-refractivity contribution in [2.24, 2.45) is 22.7 Å². The van der Waals surface area contributed by atoms with Crippen LogP contribution in [-0.2, 0) is 14.4 Å². The van der Waals surface area contributed by atoms with Crippen LogP contribution in [0.3, 0.4) is 0 Å². The Morgan fingerprint density at radius 1 is 1.08 bits per heavy atom. The maximum atomic E-state index is 13.7. The Balaban J connectivity index is 1.70. The quantitative estimate of drug-likeness (QED) is 0.274. The highest BCUT2D eigenvalue weighted by Gasteiger charge is 2.50. The molecular weight excluding hydrogens is 466 g/mol. The highest BCUT2D eigenvalue weighted by atomic mass is 16.2. The van der Waals surface area contributed by atoms with E-state index in [0.717, 1.165) is 57.8 Å². The fourth-order valence-electron chi connectivity index (χ4n) is 6.44. The van der Waals surface area contributed by atoms with E-state index in [4.69, 9.17) is 0 Å². The molecule has 3 amide bonds. The lowest BCUT2D eigenvalue weighted by Gasteiger charge is -2.35. The van der Waals surface area contributed by atoms with Gasteiger partial charge in [-0.25, -0.2) is 0 Å². The third kappa shape index (κ3) is 7.23. The van der Waals surface area contributed by atoms with E-state index in [2.05, 4.69) is 41.0 Å². The minimum atomic E-state index is -0.553. The molecule has 3 aliphatic rings. The summed E-state index contributed by atoms with van der Waals surface area (Å²) in [4.78, 5) is 45.5. The summed E-state index contributed by atoms with van der Waals surface area (Å²) in [7, 11) is 0. The van der Waals surface area contributed by atoms with Gasteiger partial charge in [0.2, 0.25) is 11.8 Å². The first-order valence-electron chi connectivity index (χ1n) is 14.3. The molecule has 37 heavy (non-hydrogen) atoms. The van der Waals surface area contributed by atoms with Crippen LogP contribution < -0.4 is 16.0 Å². The zero-order chi connectivity index (χ0) is 26.9. The molecular formula is C29H47N5O3. The van der Waals surface area contributed by atoms with Crippen LogP contribution in [0, 0.1) is 17.8 Å². The SMILES string of the molecule is C=C/N=C(\C)C(=O)N[C@H](C(=C)N[C@@H](C)C(=O)N1C[C@@H]2CCC[C@@H]2[C@H]1C(=O)NCCCC)C1CCCCC1. The highest BCUT2D eigenvalue weighted by molar-refractivity contribution is 6.38. The van der Waals surface area contributed by atoms with Crippen LogP contribution in [0.5, 0.6) is 0 Å². The number of carbonyl (C=O) groups is 3. The smallest absolute Gasteiger partial charge is 0.265 e. The van der Waals surface area contributed by atoms with E-state index in [1.165, 1.54) is 12.6 Å². The standard InChI is InChI=1S/C29H47N5O3/c1-6-8-17-31-28(36)26-24-16-12-15-23(24)18-34(26)29(37)21(5)32-19(3)25(22-13-10-9-11-14-22)33-27(35)20(4)30-7-2/h7,21-26,32H,2-3,6,8-18H2,1,4-5H3,(H,31,36)(H,33,35)/b30-20+/t21-,23-,24-,25+,26-/m0/s1. The second-order valence-electron chi connectivity index (χ2n) is 11.1. The van der Waals surface area contributed by atoms with Gasteiger partial charge in [-0.3, -0.25) is 19.4 Å². The fraction of sp³-hybridized carbons (Fsp3) is 0.724. The summed E-state index contributed by atoms with van der Waals surface area (Å²) >= 11 is 0. The Hall–Kier alpha value is -2.64. The highest BCUT2D eigenvalue weighted by Crippen LogP contribution is 2.42. The number of carbonyl (C=O) groups excluding carboxylic acids is 3. The average molecular weight is 514 g/mol. The van der Waals surface area contributed by atoms with Gasteiger partial charge in [-0.1, -0.05) is 52.2 Å². The first-order chi connectivity index (χ1) is 17.8. The van der Waals surface area contributed by atoms with Crippen molar-refractivity contribution in [2.45, 2.75) is 103 Å². The van der Waals surface area contributed by atoms with E-state index in [1.807, 2.05) is 6.92 Å². The number of nitrogens with zero attached hydrogens (tertiary/aromatic N) is 2. The summed E-state index contributed by atoms with van der Waals surface area (Å²) in [6.07, 6.45) is 11.9. The summed E-state index contributed by atoms with van der Waals surface area (Å²) in [5.41, 5.74) is 0.976. The lowest BCUT2D eigenvalue weighted by Crippen LogP contribution is -2.55. The molecule has 1 aliphatic heterocycles. The summed E-state index contributed by atoms with van der Waals surface area (Å²) in [5, 5.41) is 9.49. The van der Waals surface area contributed by atoms with E-state index in [0.29, 0.717) is 30.4 Å². The molecule has 206 valence electrons. The van der Waals surface area contributed by atoms with Gasteiger partial charge in [-0.2, -0.15) is 0 Å². The third-order valence-electron chi connectivity index (χ3n) is 8.44. The van der Waals surface area contributed by atoms with Gasteiger partial charge in [0.1, 0.15) is 17.8 Å². The number of amides is 3. The van der Waals surface area contributed by atoms with E-state index >= 15 is 0 Å². The van der Waals surface area contributed by atoms with Crippen LogP contribution in [0.2, 0.25) is 0 Å². The number of hydrogen-bond donors (Lipinski definition) is 3. The number of unbranched alkanes of at least 4 members (excludes halogenated alkanes) is 1. The first-order valence-corrected chi connectivity index (χ1v) is 14.3. The average Bonchev–Trinajstić information content (AvgIpc) is 3.48. The Bertz CT molecular complexity index is 879. The van der Waals surface area contributed by atoms with Crippen molar-refractivity contribution in [3.63, 3.8) is 0 Å². The van der Waals surface area contributed by atoms with Gasteiger partial charge in [-0.05, 0) is 63.7 Å². The maximum absolute atomic E-state index is 13.7. The van der Waals surface area contributed by atoms with Crippen molar-refractivity contribution in [2.75, 3.05) is 13.1 Å². The number of fused-ring (bicyclic) bond motifs is 1. The second-order valence-corrected chi connectivity index (χ2v) is 11.1. The predicted molar refractivity (Wildman–Crippen MR) is 148 cm³/mol. The van der Waals surface area contributed by atoms with E-state index < -0.39 is 12.1 Å². The predicted octanol–water partition coefficient (Wildman–Crippen LogP) is 3.69. The maximum Gasteiger partial charge on any atom is 0.265 e. The molecule has 8 nitrogen and oxygen atoms in total. The Morgan fingerprint density at radius 2 is 1.81 bits per heavy atom. The molecule has 3 rings (SSSR count). The minimum absolute atomic E-state index is 0.0217. The summed E-state index contributed by atoms with van der Waals surface area (Å²) in [6, 6.07) is -1.26. The molecule has 1 saturated heterocycles. The van der Waals surface area contributed by atoms with Crippen LogP contribution >= 0.6 is 0 Å². The third-order valence-corrected chi connectivity index (χ3v) is 8.44. The lowest BCUT2D eigenvalue weighted by atomic mass is 9.82. The minimum Gasteiger partial charge on any atom is -0.376 e. The number of likely N-dealkylation sites (tertiary alicyclic amines) is 1. The molecule has 8 heteroatoms. The fourth-order valence-corrected chi connectivity index (χ4v) is 6.44. The Labute approximate surface area is 222 Å². The van der Waals surface area contributed by atoms with Gasteiger partial charge in [0.15, 0.2) is 0 Å². The largest absolute Gasteiger partial charge is 0.376 e. The van der Waals surface area contributed by atoms with Crippen molar-refractivity contribution in [3.05, 3.63) is 25.1 Å². The molecule has 0 bridgehead atoms. The summed E-state index contributed by atoms with van der Waals surface area (Å²) in [5.74, 6) is 0.522. The number of nitrogens with one attached hydrogen (secondary N) is 3. The molecule has 3 N–H and O–H groups in total. The van der Waals surface area contributed by atoms with E-state index in [1.54, 1.807) is 11.8 Å². The molecule has 2 saturated carbocycles. The zero-order valence-corrected chi connectivity index (χ0v) is 23.1. The lowest BCUT2D eigenvalue weighted by molar-refractivity contribution is -0.140. The van der Waals surface area contributed by atoms with E-state index in [9.17, 15) is 14.4 Å². The van der Waals surface area contributed by atoms with Gasteiger partial charge < -0.3 is 20.9 Å². The Morgan fingerprint density at radius 3 is 2.49 bits per heavy atom. The van der Waals surface area contributed by atoms with Gasteiger partial charge >= 0.3 is 0 Å². The van der Waals surface area contributed by atoms with Crippen molar-refractivity contribution >= 4 is 23.4 Å². The van der Waals surface area contributed by atoms with Crippen LogP contribution in [0.25, 0.3) is 0 Å². The molecule has 3 fully saturated rings. The molecule has 0 aromatic heterocycles. The molecule has 0 unspecified atom stereocenters. The normalized spacial score (nSPS) is 25.6. The van der Waals surface area contributed by atoms with Gasteiger partial charge in [-0.15, -0.1) is 0 Å². The molecule has 2 aliphatic carbocycles. The molecule has 0 radical (unpaired) electrons. The van der Waals surface area contributed by atoms with Crippen LogP contribution in [0.15, 0.2) is 30.0 Å². The Kier molecular flexibility index (Phi) is 10.8. The number of rotatable bonds is 12. The zero-order valence-electron chi connectivity index (χ0n) is 23.1. The second kappa shape index (κ2) is 13.8. The van der Waals surface area contributed by atoms with Crippen molar-refractivity contribution in [3.8, 4) is 0 Å². The van der Waals surface area contributed by atoms with Crippen LogP contribution in [-0.4, -0.2) is 59.5 Å². The topological polar surface area (TPSA) is 103 Å². The van der Waals surface area contributed by atoms with Crippen LogP contribution in [0.1, 0.15) is 85.0 Å². The number of hydrogen-bond acceptors (Lipinski definition) is 5. The monoisotopic (exact) mass is 513 g/mol. The van der Waals surface area contributed by atoms with Crippen LogP contribution in [0.4, 0.5) is 0 Å². The molecule has 0 spiro atoms. The number of aliphatic imine (C=N–C) groups is 1. The van der Waals surface area contributed by atoms with Gasteiger partial charge in [0, 0.05) is 25.0 Å². The summed E-state index contributed by atoms with van der Waals surface area (Å²) < 4.78 is 0. The molecule has 1 heterocycles. The van der Waals surface area contributed by atoms with Crippen molar-refractivity contribution in [1.82, 2.24) is 20.9 Å². The van der Waals surface area contributed by atoms with Crippen molar-refractivity contribution < 1.29 is 14.4 Å². The molecule has 5 atom stereocenters. The molecule has 0 aromatic rings. The van der Waals surface area contributed by atoms with E-state index in [-0.39, 0.29) is 35.6 Å². The van der Waals surface area contributed by atoms with Gasteiger partial charge in [0.05, 0.1) is 6.04 Å². The van der Waals surface area contributed by atoms with Gasteiger partial charge in [0.25, 0.3) is 5.91 Å². The van der Waals surface area contributed by atoms with Crippen molar-refractivity contribution in [1.29, 1.82) is 0 Å². The molecule has 0 aromatic carbocycles. The first kappa shape index (κ1) is 28.9.